The van der Waals surface area contributed by atoms with Gasteiger partial charge in [0.15, 0.2) is 0 Å². The van der Waals surface area contributed by atoms with Crippen LogP contribution in [0.4, 0.5) is 0 Å². The molecule has 2 rings (SSSR count). The first kappa shape index (κ1) is 6.00. The molecule has 4 nitrogen and oxygen atoms in total. The number of nitrogens with one attached hydrogen (secondary N) is 2. The van der Waals surface area contributed by atoms with Crippen molar-refractivity contribution in [2.24, 2.45) is 10.9 Å². The summed E-state index contributed by atoms with van der Waals surface area (Å²) in [7, 11) is 0. The number of rotatable bonds is 0. The quantitative estimate of drug-likeness (QED) is 0.456. The first-order chi connectivity index (χ1) is 4.88. The van der Waals surface area contributed by atoms with Gasteiger partial charge in [-0.25, -0.2) is 10.4 Å². The van der Waals surface area contributed by atoms with E-state index in [1.165, 1.54) is 0 Å². The molecule has 0 aromatic heterocycles. The SMILES string of the molecule is O=C1N=CCC2CNNC12. The number of hydrazine groups is 1. The third-order valence-corrected chi connectivity index (χ3v) is 1.99. The van der Waals surface area contributed by atoms with Gasteiger partial charge in [-0.2, -0.15) is 0 Å². The average Bonchev–Trinajstić information content (AvgIpc) is 2.36. The molecule has 4 heteroatoms. The Bertz CT molecular complexity index is 189. The molecule has 0 radical (unpaired) electrons. The summed E-state index contributed by atoms with van der Waals surface area (Å²) in [4.78, 5) is 14.7. The first-order valence-electron chi connectivity index (χ1n) is 3.42. The number of nitrogens with zero attached hydrogens (tertiary/aromatic N) is 1. The Hall–Kier alpha value is -0.740. The highest BCUT2D eigenvalue weighted by molar-refractivity contribution is 5.92. The van der Waals surface area contributed by atoms with Crippen molar-refractivity contribution >= 4 is 12.1 Å². The van der Waals surface area contributed by atoms with E-state index in [4.69, 9.17) is 0 Å². The van der Waals surface area contributed by atoms with Crippen LogP contribution in [0.15, 0.2) is 4.99 Å². The summed E-state index contributed by atoms with van der Waals surface area (Å²) in [5.74, 6) is 0.381. The van der Waals surface area contributed by atoms with Crippen LogP contribution in [-0.4, -0.2) is 24.7 Å². The maximum absolute atomic E-state index is 11.0. The standard InChI is InChI=1S/C6H9N3O/c10-6-5-4(1-2-7-6)3-8-9-5/h2,4-5,8-9H,1,3H2. The summed E-state index contributed by atoms with van der Waals surface area (Å²) < 4.78 is 0. The summed E-state index contributed by atoms with van der Waals surface area (Å²) in [5.41, 5.74) is 5.84. The molecular formula is C6H9N3O. The van der Waals surface area contributed by atoms with E-state index >= 15 is 0 Å². The van der Waals surface area contributed by atoms with Gasteiger partial charge < -0.3 is 0 Å². The lowest BCUT2D eigenvalue weighted by atomic mass is 9.96. The molecule has 54 valence electrons. The zero-order valence-electron chi connectivity index (χ0n) is 5.50. The molecule has 1 saturated heterocycles. The molecule has 2 atom stereocenters. The highest BCUT2D eigenvalue weighted by Crippen LogP contribution is 2.15. The lowest BCUT2D eigenvalue weighted by molar-refractivity contribution is -0.120. The van der Waals surface area contributed by atoms with E-state index in [9.17, 15) is 4.79 Å². The summed E-state index contributed by atoms with van der Waals surface area (Å²) in [5, 5.41) is 0. The molecule has 2 aliphatic heterocycles. The minimum absolute atomic E-state index is 0.0405. The average molecular weight is 139 g/mol. The Labute approximate surface area is 58.7 Å². The number of aliphatic imine (C=N–C) groups is 1. The van der Waals surface area contributed by atoms with Crippen LogP contribution < -0.4 is 10.9 Å². The molecular weight excluding hydrogens is 130 g/mol. The molecule has 0 saturated carbocycles. The van der Waals surface area contributed by atoms with Gasteiger partial charge in [-0.05, 0) is 6.42 Å². The smallest absolute Gasteiger partial charge is 0.264 e. The van der Waals surface area contributed by atoms with Crippen LogP contribution >= 0.6 is 0 Å². The summed E-state index contributed by atoms with van der Waals surface area (Å²) in [6.45, 7) is 0.877. The Morgan fingerprint density at radius 3 is 3.40 bits per heavy atom. The number of carbonyl (C=O) groups excluding carboxylic acids is 1. The molecule has 2 heterocycles. The second kappa shape index (κ2) is 2.14. The van der Waals surface area contributed by atoms with Gasteiger partial charge in [0, 0.05) is 18.7 Å². The number of carbonyl (C=O) groups is 1. The lowest BCUT2D eigenvalue weighted by Crippen LogP contribution is -2.39. The van der Waals surface area contributed by atoms with Crippen LogP contribution in [-0.2, 0) is 4.79 Å². The van der Waals surface area contributed by atoms with Crippen LogP contribution in [0.1, 0.15) is 6.42 Å². The van der Waals surface area contributed by atoms with Crippen LogP contribution in [0.3, 0.4) is 0 Å². The van der Waals surface area contributed by atoms with E-state index in [0.29, 0.717) is 5.92 Å². The second-order valence-corrected chi connectivity index (χ2v) is 2.65. The van der Waals surface area contributed by atoms with Gasteiger partial charge in [-0.15, -0.1) is 0 Å². The molecule has 0 aromatic rings. The zero-order valence-corrected chi connectivity index (χ0v) is 5.50. The van der Waals surface area contributed by atoms with Gasteiger partial charge in [0.2, 0.25) is 0 Å². The number of amides is 1. The van der Waals surface area contributed by atoms with Gasteiger partial charge in [-0.1, -0.05) is 0 Å². The van der Waals surface area contributed by atoms with Gasteiger partial charge in [0.25, 0.3) is 5.91 Å². The van der Waals surface area contributed by atoms with Crippen molar-refractivity contribution in [2.45, 2.75) is 12.5 Å². The molecule has 10 heavy (non-hydrogen) atoms. The molecule has 2 aliphatic rings. The highest BCUT2D eigenvalue weighted by Gasteiger charge is 2.33. The predicted octanol–water partition coefficient (Wildman–Crippen LogP) is -0.920. The minimum Gasteiger partial charge on any atom is -0.271 e. The van der Waals surface area contributed by atoms with Crippen molar-refractivity contribution in [3.05, 3.63) is 0 Å². The summed E-state index contributed by atoms with van der Waals surface area (Å²) in [6.07, 6.45) is 2.62. The van der Waals surface area contributed by atoms with Crippen molar-refractivity contribution in [1.82, 2.24) is 10.9 Å². The zero-order chi connectivity index (χ0) is 6.97. The molecule has 0 spiro atoms. The van der Waals surface area contributed by atoms with E-state index in [0.717, 1.165) is 13.0 Å². The number of hydrogen-bond donors (Lipinski definition) is 2. The van der Waals surface area contributed by atoms with Crippen LogP contribution in [0.25, 0.3) is 0 Å². The van der Waals surface area contributed by atoms with Gasteiger partial charge in [0.05, 0.1) is 0 Å². The van der Waals surface area contributed by atoms with Crippen molar-refractivity contribution in [2.75, 3.05) is 6.54 Å². The Kier molecular flexibility index (Phi) is 1.28. The Balaban J connectivity index is 2.20. The maximum atomic E-state index is 11.0. The lowest BCUT2D eigenvalue weighted by Gasteiger charge is -2.15. The monoisotopic (exact) mass is 139 g/mol. The van der Waals surface area contributed by atoms with Crippen molar-refractivity contribution in [3.63, 3.8) is 0 Å². The van der Waals surface area contributed by atoms with E-state index in [1.807, 2.05) is 0 Å². The van der Waals surface area contributed by atoms with Crippen molar-refractivity contribution < 1.29 is 4.79 Å². The number of hydrogen-bond acceptors (Lipinski definition) is 3. The molecule has 2 N–H and O–H groups in total. The van der Waals surface area contributed by atoms with Gasteiger partial charge >= 0.3 is 0 Å². The van der Waals surface area contributed by atoms with Gasteiger partial charge in [0.1, 0.15) is 6.04 Å². The van der Waals surface area contributed by atoms with Crippen molar-refractivity contribution in [3.8, 4) is 0 Å². The molecule has 1 amide bonds. The normalized spacial score (nSPS) is 38.2. The first-order valence-corrected chi connectivity index (χ1v) is 3.42. The Morgan fingerprint density at radius 1 is 1.70 bits per heavy atom. The second-order valence-electron chi connectivity index (χ2n) is 2.65. The molecule has 1 fully saturated rings. The maximum Gasteiger partial charge on any atom is 0.264 e. The third-order valence-electron chi connectivity index (χ3n) is 1.99. The summed E-state index contributed by atoms with van der Waals surface area (Å²) in [6, 6.07) is -0.0648. The fourth-order valence-corrected chi connectivity index (χ4v) is 1.38. The minimum atomic E-state index is -0.0648. The van der Waals surface area contributed by atoms with E-state index < -0.39 is 0 Å². The highest BCUT2D eigenvalue weighted by atomic mass is 16.2. The third kappa shape index (κ3) is 0.767. The molecule has 2 unspecified atom stereocenters. The van der Waals surface area contributed by atoms with Crippen molar-refractivity contribution in [1.29, 1.82) is 0 Å². The van der Waals surface area contributed by atoms with E-state index in [2.05, 4.69) is 15.8 Å². The van der Waals surface area contributed by atoms with Crippen LogP contribution in [0.2, 0.25) is 0 Å². The largest absolute Gasteiger partial charge is 0.271 e. The fourth-order valence-electron chi connectivity index (χ4n) is 1.38. The van der Waals surface area contributed by atoms with E-state index in [1.54, 1.807) is 6.21 Å². The van der Waals surface area contributed by atoms with Crippen LogP contribution in [0.5, 0.6) is 0 Å². The van der Waals surface area contributed by atoms with Crippen LogP contribution in [0, 0.1) is 5.92 Å². The molecule has 0 aromatic carbocycles. The van der Waals surface area contributed by atoms with E-state index in [-0.39, 0.29) is 11.9 Å². The Morgan fingerprint density at radius 2 is 2.60 bits per heavy atom. The molecule has 0 aliphatic carbocycles. The fraction of sp³-hybridized carbons (Fsp3) is 0.667. The van der Waals surface area contributed by atoms with Gasteiger partial charge in [-0.3, -0.25) is 10.2 Å². The summed E-state index contributed by atoms with van der Waals surface area (Å²) >= 11 is 0. The molecule has 0 bridgehead atoms. The number of fused-ring (bicyclic) bond motifs is 1. The predicted molar refractivity (Wildman–Crippen MR) is 36.5 cm³/mol. The topological polar surface area (TPSA) is 53.5 Å².